The van der Waals surface area contributed by atoms with Crippen molar-refractivity contribution in [1.82, 2.24) is 10.0 Å². The van der Waals surface area contributed by atoms with Gasteiger partial charge < -0.3 is 0 Å². The quantitative estimate of drug-likeness (QED) is 0.253. The zero-order valence-corrected chi connectivity index (χ0v) is 19.2. The Kier molecular flexibility index (Phi) is 6.35. The molecule has 0 N–H and O–H groups in total. The number of hydrogen-bond donors (Lipinski definition) is 0. The van der Waals surface area contributed by atoms with Crippen molar-refractivity contribution in [2.24, 2.45) is 11.8 Å². The number of carbonyl (C=O) groups excluding carboxylic acids is 3. The fourth-order valence-electron chi connectivity index (χ4n) is 4.45. The van der Waals surface area contributed by atoms with Crippen LogP contribution >= 0.6 is 11.6 Å². The van der Waals surface area contributed by atoms with Crippen LogP contribution in [0.3, 0.4) is 0 Å². The minimum Gasteiger partial charge on any atom is -0.272 e. The van der Waals surface area contributed by atoms with Gasteiger partial charge in [0.25, 0.3) is 29.1 Å². The first kappa shape index (κ1) is 24.0. The third-order valence-corrected chi connectivity index (χ3v) is 6.41. The maximum atomic E-state index is 13.6. The normalized spacial score (nSPS) is 19.3. The number of hydrogen-bond acceptors (Lipinski definition) is 7. The summed E-state index contributed by atoms with van der Waals surface area (Å²) < 4.78 is 0. The fraction of sp³-hybridized carbons (Fsp3) is 0.261. The Hall–Kier alpha value is -4.12. The topological polar surface area (TPSA) is 144 Å². The number of imide groups is 1. The Bertz CT molecular complexity index is 1310. The number of amides is 3. The van der Waals surface area contributed by atoms with Gasteiger partial charge in [0, 0.05) is 17.2 Å². The number of allylic oxidation sites excluding steroid dienone is 2. The minimum absolute atomic E-state index is 0.00360. The van der Waals surface area contributed by atoms with Crippen LogP contribution < -0.4 is 0 Å². The summed E-state index contributed by atoms with van der Waals surface area (Å²) in [7, 11) is 0. The largest absolute Gasteiger partial charge is 0.282 e. The molecule has 1 aliphatic carbocycles. The van der Waals surface area contributed by atoms with Crippen molar-refractivity contribution in [3.05, 3.63) is 90.5 Å². The lowest BCUT2D eigenvalue weighted by Crippen LogP contribution is -2.50. The number of halogens is 1. The number of fused-ring (bicyclic) bond motifs is 1. The minimum atomic E-state index is -1.01. The number of rotatable bonds is 6. The van der Waals surface area contributed by atoms with Crippen molar-refractivity contribution in [3.63, 3.8) is 0 Å². The van der Waals surface area contributed by atoms with Gasteiger partial charge in [-0.2, -0.15) is 5.01 Å². The van der Waals surface area contributed by atoms with Crippen molar-refractivity contribution < 1.29 is 24.2 Å². The van der Waals surface area contributed by atoms with Crippen molar-refractivity contribution in [1.29, 1.82) is 0 Å². The summed E-state index contributed by atoms with van der Waals surface area (Å²) >= 11 is 5.90. The fourth-order valence-corrected chi connectivity index (χ4v) is 4.61. The lowest BCUT2D eigenvalue weighted by Gasteiger charge is -2.30. The monoisotopic (exact) mass is 498 g/mol. The zero-order chi connectivity index (χ0) is 25.4. The Morgan fingerprint density at radius 3 is 2.40 bits per heavy atom. The van der Waals surface area contributed by atoms with Gasteiger partial charge in [-0.05, 0) is 38.0 Å². The molecular weight excluding hydrogens is 480 g/mol. The number of carbonyl (C=O) groups is 3. The van der Waals surface area contributed by atoms with E-state index in [-0.39, 0.29) is 16.1 Å². The molecule has 0 spiro atoms. The van der Waals surface area contributed by atoms with E-state index in [9.17, 15) is 34.6 Å². The number of nitrogens with zero attached hydrogens (tertiary/aromatic N) is 4. The van der Waals surface area contributed by atoms with Crippen LogP contribution in [0.2, 0.25) is 5.02 Å². The first-order valence-electron chi connectivity index (χ1n) is 10.6. The molecule has 2 atom stereocenters. The van der Waals surface area contributed by atoms with Crippen LogP contribution in [0.15, 0.2) is 54.1 Å². The average Bonchev–Trinajstić information content (AvgIpc) is 3.06. The predicted octanol–water partition coefficient (Wildman–Crippen LogP) is 4.06. The third kappa shape index (κ3) is 4.37. The molecule has 1 saturated heterocycles. The number of para-hydroxylation sites is 1. The molecule has 2 aromatic carbocycles. The van der Waals surface area contributed by atoms with Gasteiger partial charge in [0.05, 0.1) is 33.8 Å². The molecule has 180 valence electrons. The highest BCUT2D eigenvalue weighted by atomic mass is 35.5. The van der Waals surface area contributed by atoms with Gasteiger partial charge in [0.15, 0.2) is 0 Å². The summed E-state index contributed by atoms with van der Waals surface area (Å²) in [6.45, 7) is 1.28. The molecular formula is C23H19ClN4O7. The highest BCUT2D eigenvalue weighted by Gasteiger charge is 2.52. The van der Waals surface area contributed by atoms with E-state index in [1.807, 2.05) is 13.0 Å². The van der Waals surface area contributed by atoms with Crippen molar-refractivity contribution in [2.75, 3.05) is 0 Å². The van der Waals surface area contributed by atoms with Crippen molar-refractivity contribution >= 4 is 40.7 Å². The van der Waals surface area contributed by atoms with Crippen LogP contribution in [0.5, 0.6) is 0 Å². The van der Waals surface area contributed by atoms with Gasteiger partial charge >= 0.3 is 0 Å². The lowest BCUT2D eigenvalue weighted by atomic mass is 9.82. The van der Waals surface area contributed by atoms with E-state index in [1.54, 1.807) is 0 Å². The van der Waals surface area contributed by atoms with Gasteiger partial charge in [0.2, 0.25) is 0 Å². The van der Waals surface area contributed by atoms with E-state index in [2.05, 4.69) is 0 Å². The van der Waals surface area contributed by atoms with Crippen molar-refractivity contribution in [2.45, 2.75) is 26.3 Å². The van der Waals surface area contributed by atoms with E-state index in [0.29, 0.717) is 17.9 Å². The summed E-state index contributed by atoms with van der Waals surface area (Å²) in [5.41, 5.74) is -0.386. The molecule has 35 heavy (non-hydrogen) atoms. The molecule has 1 aliphatic heterocycles. The first-order valence-corrected chi connectivity index (χ1v) is 11.0. The second-order valence-corrected chi connectivity index (χ2v) is 8.80. The molecule has 3 amide bonds. The van der Waals surface area contributed by atoms with Crippen LogP contribution in [0, 0.1) is 32.1 Å². The number of benzene rings is 2. The average molecular weight is 499 g/mol. The second kappa shape index (κ2) is 9.26. The highest BCUT2D eigenvalue weighted by Crippen LogP contribution is 2.39. The van der Waals surface area contributed by atoms with E-state index in [4.69, 9.17) is 11.6 Å². The van der Waals surface area contributed by atoms with Crippen LogP contribution in [0.1, 0.15) is 35.7 Å². The Morgan fingerprint density at radius 1 is 1.06 bits per heavy atom. The molecule has 2 aromatic rings. The van der Waals surface area contributed by atoms with Gasteiger partial charge in [-0.3, -0.25) is 34.6 Å². The molecule has 4 rings (SSSR count). The number of nitro benzene ring substituents is 2. The van der Waals surface area contributed by atoms with Gasteiger partial charge in [0.1, 0.15) is 5.56 Å². The molecule has 0 aromatic heterocycles. The zero-order valence-electron chi connectivity index (χ0n) is 18.4. The van der Waals surface area contributed by atoms with Crippen molar-refractivity contribution in [3.8, 4) is 0 Å². The van der Waals surface area contributed by atoms with E-state index in [0.717, 1.165) is 22.7 Å². The first-order chi connectivity index (χ1) is 16.6. The second-order valence-electron chi connectivity index (χ2n) is 8.36. The van der Waals surface area contributed by atoms with E-state index in [1.165, 1.54) is 30.3 Å². The molecule has 0 unspecified atom stereocenters. The van der Waals surface area contributed by atoms with Gasteiger partial charge in [-0.15, -0.1) is 0 Å². The summed E-state index contributed by atoms with van der Waals surface area (Å²) in [4.78, 5) is 62.0. The molecule has 12 heteroatoms. The van der Waals surface area contributed by atoms with E-state index >= 15 is 0 Å². The molecule has 11 nitrogen and oxygen atoms in total. The molecule has 0 bridgehead atoms. The van der Waals surface area contributed by atoms with E-state index < -0.39 is 57.3 Å². The molecule has 0 radical (unpaired) electrons. The Balaban J connectivity index is 1.82. The van der Waals surface area contributed by atoms with Gasteiger partial charge in [-0.1, -0.05) is 35.4 Å². The lowest BCUT2D eigenvalue weighted by molar-refractivity contribution is -0.385. The highest BCUT2D eigenvalue weighted by molar-refractivity contribution is 6.30. The predicted molar refractivity (Wildman–Crippen MR) is 123 cm³/mol. The SMILES string of the molecule is CC1=CC[C@H]2C(=O)N(N(Cc3ccc(Cl)cc3[N+](=O)[O-])C(=O)c3ccccc3[N+](=O)[O-])C(=O)[C@@H]2C1. The Labute approximate surface area is 203 Å². The van der Waals surface area contributed by atoms with Gasteiger partial charge in [-0.25, -0.2) is 5.01 Å². The number of hydrazine groups is 1. The summed E-state index contributed by atoms with van der Waals surface area (Å²) in [5.74, 6) is -3.64. The summed E-state index contributed by atoms with van der Waals surface area (Å²) in [5, 5.41) is 24.7. The van der Waals surface area contributed by atoms with Crippen LogP contribution in [0.4, 0.5) is 11.4 Å². The number of nitro groups is 2. The maximum Gasteiger partial charge on any atom is 0.282 e. The standard InChI is InChI=1S/C23H19ClN4O7/c1-13-6-9-16-18(10-13)23(31)26(22(16)30)25(12-14-7-8-15(24)11-20(14)28(34)35)21(29)17-4-2-3-5-19(17)27(32)33/h2-8,11,16,18H,9-10,12H2,1H3/t16-,18-/m1/s1. The summed E-state index contributed by atoms with van der Waals surface area (Å²) in [6, 6.07) is 8.87. The summed E-state index contributed by atoms with van der Waals surface area (Å²) in [6.07, 6.45) is 2.50. The maximum absolute atomic E-state index is 13.6. The van der Waals surface area contributed by atoms with Crippen LogP contribution in [-0.4, -0.2) is 37.6 Å². The molecule has 0 saturated carbocycles. The van der Waals surface area contributed by atoms with Crippen LogP contribution in [0.25, 0.3) is 0 Å². The Morgan fingerprint density at radius 2 is 1.71 bits per heavy atom. The third-order valence-electron chi connectivity index (χ3n) is 6.17. The molecule has 1 heterocycles. The molecule has 1 fully saturated rings. The smallest absolute Gasteiger partial charge is 0.272 e. The molecule has 2 aliphatic rings. The van der Waals surface area contributed by atoms with Crippen LogP contribution in [-0.2, 0) is 16.1 Å².